The molecule has 0 saturated heterocycles. The van der Waals surface area contributed by atoms with Crippen LogP contribution >= 0.6 is 0 Å². The predicted molar refractivity (Wildman–Crippen MR) is 97.8 cm³/mol. The lowest BCUT2D eigenvalue weighted by atomic mass is 9.65. The minimum Gasteiger partial charge on any atom is -0.355 e. The molecule has 3 N–H and O–H groups in total. The number of hydrogen-bond acceptors (Lipinski definition) is 3. The van der Waals surface area contributed by atoms with E-state index in [9.17, 15) is 9.59 Å². The van der Waals surface area contributed by atoms with Crippen LogP contribution in [0.1, 0.15) is 48.0 Å². The zero-order valence-electron chi connectivity index (χ0n) is 15.2. The normalized spacial score (nSPS) is 28.3. The van der Waals surface area contributed by atoms with E-state index in [1.807, 2.05) is 24.1 Å². The van der Waals surface area contributed by atoms with Gasteiger partial charge in [0.25, 0.3) is 5.91 Å². The molecular formula is C20H29N3O2. The quantitative estimate of drug-likeness (QED) is 0.880. The molecule has 2 aliphatic carbocycles. The summed E-state index contributed by atoms with van der Waals surface area (Å²) in [5.41, 5.74) is 8.01. The third kappa shape index (κ3) is 3.87. The van der Waals surface area contributed by atoms with Crippen molar-refractivity contribution in [3.8, 4) is 0 Å². The van der Waals surface area contributed by atoms with Gasteiger partial charge in [-0.2, -0.15) is 0 Å². The van der Waals surface area contributed by atoms with Crippen molar-refractivity contribution in [3.63, 3.8) is 0 Å². The molecule has 2 fully saturated rings. The van der Waals surface area contributed by atoms with Gasteiger partial charge in [0.15, 0.2) is 0 Å². The second-order valence-electron chi connectivity index (χ2n) is 7.67. The summed E-state index contributed by atoms with van der Waals surface area (Å²) in [6, 6.07) is 7.73. The number of carbonyl (C=O) groups excluding carboxylic acids is 2. The topological polar surface area (TPSA) is 75.4 Å². The van der Waals surface area contributed by atoms with E-state index in [1.165, 1.54) is 19.3 Å². The van der Waals surface area contributed by atoms with E-state index in [2.05, 4.69) is 5.32 Å². The summed E-state index contributed by atoms with van der Waals surface area (Å²) >= 11 is 0. The van der Waals surface area contributed by atoms with Crippen molar-refractivity contribution in [2.45, 2.75) is 44.7 Å². The van der Waals surface area contributed by atoms with Crippen molar-refractivity contribution in [1.82, 2.24) is 10.2 Å². The lowest BCUT2D eigenvalue weighted by Crippen LogP contribution is -2.49. The minimum atomic E-state index is -0.0962. The van der Waals surface area contributed by atoms with Crippen LogP contribution in [0, 0.1) is 17.8 Å². The molecule has 2 unspecified atom stereocenters. The van der Waals surface area contributed by atoms with E-state index in [4.69, 9.17) is 5.73 Å². The highest BCUT2D eigenvalue weighted by molar-refractivity contribution is 5.93. The van der Waals surface area contributed by atoms with Crippen LogP contribution < -0.4 is 11.1 Å². The summed E-state index contributed by atoms with van der Waals surface area (Å²) in [6.45, 7) is 0.574. The van der Waals surface area contributed by atoms with Crippen LogP contribution in [0.25, 0.3) is 0 Å². The molecule has 1 aromatic carbocycles. The van der Waals surface area contributed by atoms with Crippen molar-refractivity contribution in [2.24, 2.45) is 23.5 Å². The highest BCUT2D eigenvalue weighted by Gasteiger charge is 2.41. The van der Waals surface area contributed by atoms with Crippen LogP contribution in [0.2, 0.25) is 0 Å². The fourth-order valence-electron chi connectivity index (χ4n) is 4.56. The Kier molecular flexibility index (Phi) is 5.42. The van der Waals surface area contributed by atoms with Crippen LogP contribution in [0.3, 0.4) is 0 Å². The fraction of sp³-hybridized carbons (Fsp3) is 0.600. The number of nitrogens with zero attached hydrogens (tertiary/aromatic N) is 1. The van der Waals surface area contributed by atoms with Gasteiger partial charge in [0, 0.05) is 38.2 Å². The van der Waals surface area contributed by atoms with Crippen LogP contribution in [-0.4, -0.2) is 36.9 Å². The second kappa shape index (κ2) is 7.56. The average molecular weight is 343 g/mol. The van der Waals surface area contributed by atoms with Crippen molar-refractivity contribution in [1.29, 1.82) is 0 Å². The molecule has 5 nitrogen and oxygen atoms in total. The molecule has 2 bridgehead atoms. The Balaban J connectivity index is 1.60. The monoisotopic (exact) mass is 343 g/mol. The third-order valence-electron chi connectivity index (χ3n) is 6.00. The first kappa shape index (κ1) is 17.9. The second-order valence-corrected chi connectivity index (χ2v) is 7.67. The van der Waals surface area contributed by atoms with E-state index >= 15 is 0 Å². The van der Waals surface area contributed by atoms with Crippen LogP contribution in [0.15, 0.2) is 24.3 Å². The number of carbonyl (C=O) groups is 2. The third-order valence-corrected chi connectivity index (χ3v) is 6.00. The van der Waals surface area contributed by atoms with Crippen molar-refractivity contribution in [3.05, 3.63) is 35.4 Å². The molecule has 0 radical (unpaired) electrons. The Morgan fingerprint density at radius 3 is 2.32 bits per heavy atom. The molecule has 0 aliphatic heterocycles. The van der Waals surface area contributed by atoms with Crippen molar-refractivity contribution < 1.29 is 9.59 Å². The molecule has 0 aromatic heterocycles. The Hall–Kier alpha value is -1.88. The largest absolute Gasteiger partial charge is 0.355 e. The molecule has 2 saturated carbocycles. The molecule has 0 heterocycles. The molecule has 136 valence electrons. The first-order valence-corrected chi connectivity index (χ1v) is 9.31. The van der Waals surface area contributed by atoms with Crippen LogP contribution in [0.4, 0.5) is 0 Å². The van der Waals surface area contributed by atoms with E-state index in [0.29, 0.717) is 30.0 Å². The van der Waals surface area contributed by atoms with Gasteiger partial charge in [-0.25, -0.2) is 0 Å². The van der Waals surface area contributed by atoms with E-state index in [0.717, 1.165) is 18.4 Å². The Morgan fingerprint density at radius 2 is 1.76 bits per heavy atom. The minimum absolute atomic E-state index is 0.0962. The Morgan fingerprint density at radius 1 is 1.16 bits per heavy atom. The first-order valence-electron chi connectivity index (χ1n) is 9.31. The standard InChI is InChI=1S/C20H29N3O2/c1-22-19(24)14-8-6-13(7-9-14)12-23(2)20(25)17-10-15-4-3-5-16(11-17)18(15)21/h6-9,15-18H,3-5,10-12,21H2,1-2H3,(H,22,24). The number of rotatable bonds is 4. The molecule has 2 atom stereocenters. The van der Waals surface area contributed by atoms with Gasteiger partial charge in [-0.05, 0) is 55.2 Å². The van der Waals surface area contributed by atoms with Crippen LogP contribution in [-0.2, 0) is 11.3 Å². The fourth-order valence-corrected chi connectivity index (χ4v) is 4.56. The van der Waals surface area contributed by atoms with Gasteiger partial charge in [0.05, 0.1) is 0 Å². The van der Waals surface area contributed by atoms with Crippen molar-refractivity contribution in [2.75, 3.05) is 14.1 Å². The van der Waals surface area contributed by atoms with E-state index in [-0.39, 0.29) is 17.7 Å². The number of fused-ring (bicyclic) bond motifs is 2. The molecule has 5 heteroatoms. The summed E-state index contributed by atoms with van der Waals surface area (Å²) in [6.07, 6.45) is 5.49. The van der Waals surface area contributed by atoms with Gasteiger partial charge in [-0.3, -0.25) is 9.59 Å². The molecule has 2 aliphatic rings. The molecular weight excluding hydrogens is 314 g/mol. The predicted octanol–water partition coefficient (Wildman–Crippen LogP) is 2.16. The summed E-state index contributed by atoms with van der Waals surface area (Å²) in [4.78, 5) is 26.3. The molecule has 2 amide bonds. The Labute approximate surface area is 150 Å². The van der Waals surface area contributed by atoms with Gasteiger partial charge in [-0.15, -0.1) is 0 Å². The number of nitrogens with one attached hydrogen (secondary N) is 1. The highest BCUT2D eigenvalue weighted by Crippen LogP contribution is 2.42. The lowest BCUT2D eigenvalue weighted by Gasteiger charge is -2.44. The SMILES string of the molecule is CNC(=O)c1ccc(CN(C)C(=O)C2CC3CCCC(C2)C3N)cc1. The zero-order valence-corrected chi connectivity index (χ0v) is 15.2. The summed E-state index contributed by atoms with van der Waals surface area (Å²) < 4.78 is 0. The summed E-state index contributed by atoms with van der Waals surface area (Å²) in [5.74, 6) is 1.29. The lowest BCUT2D eigenvalue weighted by molar-refractivity contribution is -0.137. The number of benzene rings is 1. The van der Waals surface area contributed by atoms with Crippen LogP contribution in [0.5, 0.6) is 0 Å². The number of nitrogens with two attached hydrogens (primary N) is 1. The van der Waals surface area contributed by atoms with Gasteiger partial charge in [0.1, 0.15) is 0 Å². The maximum Gasteiger partial charge on any atom is 0.251 e. The number of amides is 2. The highest BCUT2D eigenvalue weighted by atomic mass is 16.2. The molecule has 1 aromatic rings. The molecule has 25 heavy (non-hydrogen) atoms. The smallest absolute Gasteiger partial charge is 0.251 e. The number of hydrogen-bond donors (Lipinski definition) is 2. The zero-order chi connectivity index (χ0) is 18.0. The maximum atomic E-state index is 12.9. The molecule has 3 rings (SSSR count). The molecule has 0 spiro atoms. The van der Waals surface area contributed by atoms with E-state index < -0.39 is 0 Å². The van der Waals surface area contributed by atoms with Crippen molar-refractivity contribution >= 4 is 11.8 Å². The first-order chi connectivity index (χ1) is 12.0. The van der Waals surface area contributed by atoms with Gasteiger partial charge >= 0.3 is 0 Å². The van der Waals surface area contributed by atoms with Gasteiger partial charge < -0.3 is 16.0 Å². The summed E-state index contributed by atoms with van der Waals surface area (Å²) in [7, 11) is 3.49. The summed E-state index contributed by atoms with van der Waals surface area (Å²) in [5, 5.41) is 2.61. The Bertz CT molecular complexity index is 614. The van der Waals surface area contributed by atoms with Gasteiger partial charge in [-0.1, -0.05) is 18.6 Å². The maximum absolute atomic E-state index is 12.9. The average Bonchev–Trinajstić information content (AvgIpc) is 2.61. The van der Waals surface area contributed by atoms with Gasteiger partial charge in [0.2, 0.25) is 5.91 Å². The van der Waals surface area contributed by atoms with E-state index in [1.54, 1.807) is 19.2 Å².